The van der Waals surface area contributed by atoms with E-state index >= 15 is 0 Å². The van der Waals surface area contributed by atoms with E-state index in [9.17, 15) is 9.65 Å². The van der Waals surface area contributed by atoms with E-state index in [0.717, 1.165) is 5.56 Å². The van der Waals surface area contributed by atoms with Crippen molar-refractivity contribution >= 4 is 23.2 Å². The van der Waals surface area contributed by atoms with Gasteiger partial charge in [-0.15, -0.1) is 0 Å². The van der Waals surface area contributed by atoms with Crippen LogP contribution in [0.5, 0.6) is 0 Å². The van der Waals surface area contributed by atoms with Gasteiger partial charge in [0.2, 0.25) is 0 Å². The molecule has 19 heavy (non-hydrogen) atoms. The Morgan fingerprint density at radius 2 is 1.89 bits per heavy atom. The first-order valence-corrected chi connectivity index (χ1v) is 6.45. The zero-order valence-electron chi connectivity index (χ0n) is 9.91. The predicted octanol–water partition coefficient (Wildman–Crippen LogP) is 4.98. The number of nitriles is 1. The fourth-order valence-electron chi connectivity index (χ4n) is 1.89. The molecule has 0 amide bonds. The number of benzene rings is 2. The van der Waals surface area contributed by atoms with Crippen molar-refractivity contribution in [1.82, 2.24) is 0 Å². The van der Waals surface area contributed by atoms with Gasteiger partial charge < -0.3 is 0 Å². The quantitative estimate of drug-likeness (QED) is 0.783. The molecule has 0 fully saturated rings. The smallest absolute Gasteiger partial charge is 0.127 e. The summed E-state index contributed by atoms with van der Waals surface area (Å²) in [6.45, 7) is 0. The molecular weight excluding hydrogens is 284 g/mol. The molecule has 0 saturated carbocycles. The molecule has 4 heteroatoms. The van der Waals surface area contributed by atoms with Crippen molar-refractivity contribution in [2.24, 2.45) is 0 Å². The number of hydrogen-bond donors (Lipinski definition) is 0. The van der Waals surface area contributed by atoms with Gasteiger partial charge in [0.15, 0.2) is 0 Å². The topological polar surface area (TPSA) is 23.8 Å². The predicted molar refractivity (Wildman–Crippen MR) is 74.9 cm³/mol. The Morgan fingerprint density at radius 1 is 1.16 bits per heavy atom. The molecule has 0 bridgehead atoms. The highest BCUT2D eigenvalue weighted by molar-refractivity contribution is 6.35. The fraction of sp³-hybridized carbons (Fsp3) is 0.133. The molecule has 0 aliphatic heterocycles. The first-order valence-electron chi connectivity index (χ1n) is 5.70. The van der Waals surface area contributed by atoms with E-state index < -0.39 is 5.92 Å². The van der Waals surface area contributed by atoms with Gasteiger partial charge >= 0.3 is 0 Å². The Labute approximate surface area is 121 Å². The van der Waals surface area contributed by atoms with Crippen LogP contribution in [0.3, 0.4) is 0 Å². The molecular formula is C15H10Cl2FN. The van der Waals surface area contributed by atoms with Crippen LogP contribution in [-0.4, -0.2) is 0 Å². The Hall–Kier alpha value is -1.56. The third-order valence-corrected chi connectivity index (χ3v) is 3.46. The molecule has 0 N–H and O–H groups in total. The SMILES string of the molecule is N#CC(Cc1ccc(Cl)cc1Cl)c1ccccc1F. The molecule has 0 radical (unpaired) electrons. The van der Waals surface area contributed by atoms with Gasteiger partial charge in [0, 0.05) is 15.6 Å². The van der Waals surface area contributed by atoms with E-state index in [0.29, 0.717) is 22.0 Å². The molecule has 0 saturated heterocycles. The first-order chi connectivity index (χ1) is 9.11. The van der Waals surface area contributed by atoms with Crippen LogP contribution in [0.2, 0.25) is 10.0 Å². The third-order valence-electron chi connectivity index (χ3n) is 2.88. The highest BCUT2D eigenvalue weighted by Gasteiger charge is 2.16. The fourth-order valence-corrected chi connectivity index (χ4v) is 2.38. The van der Waals surface area contributed by atoms with Crippen molar-refractivity contribution in [1.29, 1.82) is 5.26 Å². The summed E-state index contributed by atoms with van der Waals surface area (Å²) in [6.07, 6.45) is 0.355. The lowest BCUT2D eigenvalue weighted by atomic mass is 9.93. The van der Waals surface area contributed by atoms with Gasteiger partial charge in [0.1, 0.15) is 5.82 Å². The average molecular weight is 294 g/mol. The second-order valence-electron chi connectivity index (χ2n) is 4.14. The first kappa shape index (κ1) is 13.9. The minimum atomic E-state index is -0.570. The van der Waals surface area contributed by atoms with Crippen LogP contribution >= 0.6 is 23.2 Å². The lowest BCUT2D eigenvalue weighted by Gasteiger charge is -2.11. The van der Waals surface area contributed by atoms with Crippen molar-refractivity contribution in [3.63, 3.8) is 0 Å². The largest absolute Gasteiger partial charge is 0.207 e. The van der Waals surface area contributed by atoms with Gasteiger partial charge in [-0.05, 0) is 30.2 Å². The molecule has 1 nitrogen and oxygen atoms in total. The Bertz CT molecular complexity index is 634. The molecule has 0 spiro atoms. The summed E-state index contributed by atoms with van der Waals surface area (Å²) < 4.78 is 13.7. The summed E-state index contributed by atoms with van der Waals surface area (Å²) in [7, 11) is 0. The van der Waals surface area contributed by atoms with Crippen LogP contribution in [0.15, 0.2) is 42.5 Å². The van der Waals surface area contributed by atoms with Crippen LogP contribution in [0, 0.1) is 17.1 Å². The summed E-state index contributed by atoms with van der Waals surface area (Å²) >= 11 is 11.9. The van der Waals surface area contributed by atoms with Crippen LogP contribution in [0.4, 0.5) is 4.39 Å². The summed E-state index contributed by atoms with van der Waals surface area (Å²) in [4.78, 5) is 0. The van der Waals surface area contributed by atoms with Gasteiger partial charge in [0.05, 0.1) is 12.0 Å². The number of hydrogen-bond acceptors (Lipinski definition) is 1. The van der Waals surface area contributed by atoms with Crippen molar-refractivity contribution in [2.45, 2.75) is 12.3 Å². The summed E-state index contributed by atoms with van der Waals surface area (Å²) in [5.41, 5.74) is 1.16. The van der Waals surface area contributed by atoms with Crippen LogP contribution in [0.1, 0.15) is 17.0 Å². The number of rotatable bonds is 3. The van der Waals surface area contributed by atoms with E-state index in [-0.39, 0.29) is 5.82 Å². The second kappa shape index (κ2) is 6.06. The summed E-state index contributed by atoms with van der Waals surface area (Å²) in [5, 5.41) is 10.3. The van der Waals surface area contributed by atoms with Crippen molar-refractivity contribution in [3.05, 3.63) is 69.5 Å². The van der Waals surface area contributed by atoms with Gasteiger partial charge in [-0.3, -0.25) is 0 Å². The lowest BCUT2D eigenvalue weighted by Crippen LogP contribution is -2.03. The van der Waals surface area contributed by atoms with E-state index in [1.54, 1.807) is 36.4 Å². The standard InChI is InChI=1S/C15H10Cl2FN/c16-12-6-5-10(14(17)8-12)7-11(9-19)13-3-1-2-4-15(13)18/h1-6,8,11H,7H2. The maximum absolute atomic E-state index is 13.7. The lowest BCUT2D eigenvalue weighted by molar-refractivity contribution is 0.600. The van der Waals surface area contributed by atoms with E-state index in [1.165, 1.54) is 6.07 Å². The molecule has 0 aromatic heterocycles. The molecule has 0 heterocycles. The minimum absolute atomic E-state index is 0.355. The second-order valence-corrected chi connectivity index (χ2v) is 4.99. The number of halogens is 3. The van der Waals surface area contributed by atoms with Gasteiger partial charge in [-0.1, -0.05) is 47.5 Å². The van der Waals surface area contributed by atoms with E-state index in [1.807, 2.05) is 0 Å². The zero-order valence-corrected chi connectivity index (χ0v) is 11.4. The average Bonchev–Trinajstić information content (AvgIpc) is 2.39. The minimum Gasteiger partial charge on any atom is -0.207 e. The monoisotopic (exact) mass is 293 g/mol. The maximum Gasteiger partial charge on any atom is 0.127 e. The molecule has 1 atom stereocenters. The molecule has 96 valence electrons. The Morgan fingerprint density at radius 3 is 2.53 bits per heavy atom. The van der Waals surface area contributed by atoms with Crippen LogP contribution < -0.4 is 0 Å². The van der Waals surface area contributed by atoms with Crippen LogP contribution in [-0.2, 0) is 6.42 Å². The van der Waals surface area contributed by atoms with E-state index in [2.05, 4.69) is 6.07 Å². The van der Waals surface area contributed by atoms with Crippen molar-refractivity contribution in [2.75, 3.05) is 0 Å². The van der Waals surface area contributed by atoms with Crippen LogP contribution in [0.25, 0.3) is 0 Å². The third kappa shape index (κ3) is 3.26. The number of nitrogens with zero attached hydrogens (tertiary/aromatic N) is 1. The molecule has 2 rings (SSSR count). The molecule has 2 aromatic carbocycles. The van der Waals surface area contributed by atoms with Gasteiger partial charge in [-0.25, -0.2) is 4.39 Å². The Kier molecular flexibility index (Phi) is 4.42. The van der Waals surface area contributed by atoms with E-state index in [4.69, 9.17) is 23.2 Å². The summed E-state index contributed by atoms with van der Waals surface area (Å²) in [5.74, 6) is -0.945. The molecule has 0 aliphatic rings. The highest BCUT2D eigenvalue weighted by Crippen LogP contribution is 2.28. The molecule has 0 aliphatic carbocycles. The van der Waals surface area contributed by atoms with Crippen molar-refractivity contribution in [3.8, 4) is 6.07 Å². The van der Waals surface area contributed by atoms with Gasteiger partial charge in [-0.2, -0.15) is 5.26 Å². The normalized spacial score (nSPS) is 11.9. The molecule has 1 unspecified atom stereocenters. The van der Waals surface area contributed by atoms with Crippen molar-refractivity contribution < 1.29 is 4.39 Å². The zero-order chi connectivity index (χ0) is 13.8. The molecule has 2 aromatic rings. The maximum atomic E-state index is 13.7. The summed E-state index contributed by atoms with van der Waals surface area (Å²) in [6, 6.07) is 13.5. The van der Waals surface area contributed by atoms with Gasteiger partial charge in [0.25, 0.3) is 0 Å². The highest BCUT2D eigenvalue weighted by atomic mass is 35.5. The Balaban J connectivity index is 2.30.